The summed E-state index contributed by atoms with van der Waals surface area (Å²) in [7, 11) is 0. The quantitative estimate of drug-likeness (QED) is 0.0760. The van der Waals surface area contributed by atoms with Crippen LogP contribution in [-0.2, 0) is 22.4 Å². The molecule has 4 aliphatic heterocycles. The minimum absolute atomic E-state index is 0.196. The number of carbonyl (C=O) groups excluding carboxylic acids is 1. The molecule has 37 nitrogen and oxygen atoms in total. The lowest BCUT2D eigenvalue weighted by atomic mass is 9.84. The van der Waals surface area contributed by atoms with Gasteiger partial charge in [0.2, 0.25) is 29.7 Å². The van der Waals surface area contributed by atoms with Crippen molar-refractivity contribution in [3.63, 3.8) is 0 Å². The summed E-state index contributed by atoms with van der Waals surface area (Å²) < 4.78 is 11.5. The van der Waals surface area contributed by atoms with Gasteiger partial charge in [-0.25, -0.2) is 29.3 Å². The number of phenolic OH excluding ortho intramolecular Hbond substituents is 1. The number of amides is 1. The van der Waals surface area contributed by atoms with Crippen LogP contribution in [0.15, 0.2) is 197 Å². The first-order valence-corrected chi connectivity index (χ1v) is 35.9. The maximum absolute atomic E-state index is 11.2. The lowest BCUT2D eigenvalue weighted by Gasteiger charge is -2.46. The van der Waals surface area contributed by atoms with Crippen molar-refractivity contribution in [2.24, 2.45) is 5.73 Å². The summed E-state index contributed by atoms with van der Waals surface area (Å²) >= 11 is 1.30. The number of pyridine rings is 4. The molecule has 38 heteroatoms. The van der Waals surface area contributed by atoms with E-state index in [2.05, 4.69) is 94.2 Å². The van der Waals surface area contributed by atoms with Crippen molar-refractivity contribution in [3.05, 3.63) is 229 Å². The van der Waals surface area contributed by atoms with Crippen molar-refractivity contribution in [1.82, 2.24) is 113 Å². The number of H-pyrrole nitrogens is 1. The van der Waals surface area contributed by atoms with Gasteiger partial charge in [0.15, 0.2) is 56.6 Å². The summed E-state index contributed by atoms with van der Waals surface area (Å²) in [6.45, 7) is 5.28. The van der Waals surface area contributed by atoms with Crippen LogP contribution < -0.4 is 42.5 Å². The maximum atomic E-state index is 11.2. The number of nitrogen functional groups attached to an aromatic ring is 3. The molecule has 20 rings (SSSR count). The number of fused-ring (bicyclic) bond motifs is 4. The molecule has 0 radical (unpaired) electrons. The molecule has 4 aliphatic rings. The maximum Gasteiger partial charge on any atom is 0.248 e. The number of aromatic amines is 1. The number of aryl methyl sites for hydroxylation is 1. The Balaban J connectivity index is 0.000000109. The van der Waals surface area contributed by atoms with Crippen LogP contribution in [0.25, 0.3) is 67.4 Å². The van der Waals surface area contributed by atoms with Crippen LogP contribution in [0.1, 0.15) is 50.5 Å². The van der Waals surface area contributed by atoms with E-state index >= 15 is 0 Å². The molecular weight excluding hydrogens is 1450 g/mol. The second-order valence-electron chi connectivity index (χ2n) is 27.3. The second kappa shape index (κ2) is 28.4. The summed E-state index contributed by atoms with van der Waals surface area (Å²) in [6.07, 6.45) is 26.5. The smallest absolute Gasteiger partial charge is 0.248 e. The highest BCUT2D eigenvalue weighted by Gasteiger charge is 2.48. The number of rotatable bonds is 13. The summed E-state index contributed by atoms with van der Waals surface area (Å²) in [5.41, 5.74) is 31.6. The van der Waals surface area contributed by atoms with Crippen molar-refractivity contribution < 1.29 is 30.3 Å². The van der Waals surface area contributed by atoms with E-state index in [1.54, 1.807) is 142 Å². The number of benzene rings is 2. The molecule has 562 valence electrons. The van der Waals surface area contributed by atoms with E-state index < -0.39 is 28.3 Å². The Morgan fingerprint density at radius 1 is 0.438 bits per heavy atom. The average molecular weight is 1520 g/mol. The summed E-state index contributed by atoms with van der Waals surface area (Å²) in [4.78, 5) is 89.9. The first-order valence-electron chi connectivity index (χ1n) is 35.1. The number of imidazole rings is 4. The van der Waals surface area contributed by atoms with Gasteiger partial charge in [0.05, 0.1) is 90.6 Å². The predicted molar refractivity (Wildman–Crippen MR) is 413 cm³/mol. The van der Waals surface area contributed by atoms with Crippen molar-refractivity contribution >= 4 is 103 Å². The van der Waals surface area contributed by atoms with E-state index in [9.17, 15) is 30.3 Å². The minimum Gasteiger partial charge on any atom is -0.508 e. The summed E-state index contributed by atoms with van der Waals surface area (Å²) in [5.74, 6) is 2.55. The predicted octanol–water partition coefficient (Wildman–Crippen LogP) is 4.49. The topological polar surface area (TPSA) is 503 Å². The molecule has 18 heterocycles. The molecule has 14 N–H and O–H groups in total. The number of anilines is 7. The molecule has 4 fully saturated rings. The first kappa shape index (κ1) is 70.8. The molecular formula is C74H69N31O6S. The van der Waals surface area contributed by atoms with Crippen molar-refractivity contribution in [1.29, 1.82) is 0 Å². The van der Waals surface area contributed by atoms with Crippen molar-refractivity contribution in [2.45, 2.75) is 42.2 Å². The molecule has 2 aromatic carbocycles. The summed E-state index contributed by atoms with van der Waals surface area (Å²) in [6, 6.07) is 30.2. The molecule has 16 aromatic rings. The first-order chi connectivity index (χ1) is 54.3. The second-order valence-corrected chi connectivity index (χ2v) is 28.2. The highest BCUT2D eigenvalue weighted by molar-refractivity contribution is 7.05. The number of aliphatic hydroxyl groups is 4. The SMILES string of the molecule is Cc1nc(N2CCC(O)(c3ccc(O)cc3)CC2)nc2c1ncn2-c1cccnc1.NC(=O)c1ccc(C2(O)CN(c3nc(N)c4ncn(-c5ccncc5)c4n3)C2)cc1.Nc1nc(N2CC(O)(c3ccns3)C2)nc2c1ncn2-c1ccncc1.Nc1nc(N2CC(O)(c3cn[nH]c3)C2)nc2c1ncn2-c1ccncc1. The summed E-state index contributed by atoms with van der Waals surface area (Å²) in [5, 5.41) is 59.5. The lowest BCUT2D eigenvalue weighted by molar-refractivity contribution is 0.00625. The fourth-order valence-corrected chi connectivity index (χ4v) is 14.5. The molecule has 0 bridgehead atoms. The lowest BCUT2D eigenvalue weighted by Crippen LogP contribution is -2.60. The van der Waals surface area contributed by atoms with Crippen molar-refractivity contribution in [2.75, 3.05) is 89.2 Å². The third-order valence-electron chi connectivity index (χ3n) is 20.0. The number of hydrogen-bond donors (Lipinski definition) is 10. The number of piperidine rings is 1. The minimum atomic E-state index is -1.07. The number of carbonyl (C=O) groups is 1. The highest BCUT2D eigenvalue weighted by atomic mass is 32.1. The number of primary amides is 1. The molecule has 112 heavy (non-hydrogen) atoms. The van der Waals surface area contributed by atoms with Gasteiger partial charge in [-0.2, -0.15) is 40.0 Å². The number of β-amino-alcohol motifs (C(OH)–C–C–N with tert-alkyl or cyclic N) is 3. The van der Waals surface area contributed by atoms with Gasteiger partial charge in [0, 0.05) is 80.0 Å². The molecule has 0 aliphatic carbocycles. The molecule has 1 amide bonds. The van der Waals surface area contributed by atoms with E-state index in [-0.39, 0.29) is 24.7 Å². The Morgan fingerprint density at radius 2 is 0.857 bits per heavy atom. The molecule has 4 saturated heterocycles. The number of phenols is 1. The Morgan fingerprint density at radius 3 is 1.29 bits per heavy atom. The molecule has 14 aromatic heterocycles. The zero-order chi connectivity index (χ0) is 77.0. The average Bonchev–Trinajstić information content (AvgIpc) is 1.16. The van der Waals surface area contributed by atoms with Crippen molar-refractivity contribution in [3.8, 4) is 28.5 Å². The Hall–Kier alpha value is -14.2. The van der Waals surface area contributed by atoms with Gasteiger partial charge in [0.1, 0.15) is 53.4 Å². The van der Waals surface area contributed by atoms with Crippen LogP contribution in [0.4, 0.5) is 41.2 Å². The van der Waals surface area contributed by atoms with Crippen LogP contribution in [0, 0.1) is 6.92 Å². The largest absolute Gasteiger partial charge is 0.508 e. The number of hydrogen-bond acceptors (Lipinski definition) is 32. The Labute approximate surface area is 638 Å². The van der Waals surface area contributed by atoms with Crippen LogP contribution in [0.3, 0.4) is 0 Å². The van der Waals surface area contributed by atoms with Gasteiger partial charge in [-0.05, 0) is 121 Å². The fourth-order valence-electron chi connectivity index (χ4n) is 13.8. The number of nitrogens with two attached hydrogens (primary N) is 4. The standard InChI is InChI=1S/C22H22N6O2.C20H18N8O2.C16H15N9O.C16H14N8OS/c1-15-19-20(28(14-24-19)17-3-2-10-23-13-17)26-21(25-15)27-11-8-22(30,9-12-27)16-4-6-18(29)7-5-16;21-16-15-18(28(11-24-15)14-5-7-23-8-6-14)26-19(25-16)27-9-20(30,10-27)13-3-1-12(2-4-13)17(22)29;17-13-12-14(25(9-19-12)11-1-3-18-4-2-11)23-15(22-13)24-7-16(26,8-24)10-5-20-21-6-10;17-13-12-14(24(9-19-12)10-1-4-18-5-2-10)22-15(21-13)23-7-16(25,8-23)11-3-6-20-26-11/h2-7,10,13-14,29-30H,8-9,11-12H2,1H3;1-8,11,30H,9-10H2,(H2,22,29)(H2,21,25,26);1-6,9,26H,7-8H2,(H,20,21)(H2,17,22,23);1-6,9,25H,7-8H2,(H2,17,21,22). The van der Waals surface area contributed by atoms with Gasteiger partial charge in [-0.3, -0.25) is 48.1 Å². The Kier molecular flexibility index (Phi) is 18.0. The van der Waals surface area contributed by atoms with Gasteiger partial charge in [-0.1, -0.05) is 24.3 Å². The monoisotopic (exact) mass is 1520 g/mol. The van der Waals surface area contributed by atoms with Gasteiger partial charge >= 0.3 is 0 Å². The van der Waals surface area contributed by atoms with E-state index in [1.807, 2.05) is 94.5 Å². The Bertz CT molecular complexity index is 5880. The third-order valence-corrected chi connectivity index (χ3v) is 21.0. The van der Waals surface area contributed by atoms with Crippen LogP contribution in [0.2, 0.25) is 0 Å². The molecule has 0 spiro atoms. The number of nitrogens with one attached hydrogen (secondary N) is 1. The van der Waals surface area contributed by atoms with Crippen LogP contribution in [-0.4, -0.2) is 196 Å². The zero-order valence-corrected chi connectivity index (χ0v) is 60.4. The van der Waals surface area contributed by atoms with Crippen LogP contribution in [0.5, 0.6) is 5.75 Å². The van der Waals surface area contributed by atoms with E-state index in [1.165, 1.54) is 11.5 Å². The van der Waals surface area contributed by atoms with E-state index in [4.69, 9.17) is 27.9 Å². The van der Waals surface area contributed by atoms with Crippen LogP contribution >= 0.6 is 11.5 Å². The number of nitrogens with zero attached hydrogens (tertiary/aromatic N) is 26. The number of aromatic hydroxyl groups is 1. The normalized spacial score (nSPS) is 15.8. The van der Waals surface area contributed by atoms with Gasteiger partial charge in [0.25, 0.3) is 0 Å². The van der Waals surface area contributed by atoms with E-state index in [0.717, 1.165) is 55.6 Å². The number of aromatic nitrogens is 23. The fraction of sp³-hybridized carbons (Fsp3) is 0.203. The van der Waals surface area contributed by atoms with Gasteiger partial charge < -0.3 is 68.1 Å². The molecule has 0 atom stereocenters. The molecule has 0 unspecified atom stereocenters. The third kappa shape index (κ3) is 13.4. The van der Waals surface area contributed by atoms with Gasteiger partial charge in [-0.15, -0.1) is 0 Å². The highest BCUT2D eigenvalue weighted by Crippen LogP contribution is 2.41. The zero-order valence-electron chi connectivity index (χ0n) is 59.5. The molecule has 0 saturated carbocycles. The van der Waals surface area contributed by atoms with E-state index in [0.29, 0.717) is 132 Å².